The Bertz CT molecular complexity index is 661. The van der Waals surface area contributed by atoms with Gasteiger partial charge in [0.15, 0.2) is 0 Å². The highest BCUT2D eigenvalue weighted by atomic mass is 16.1. The minimum atomic E-state index is 0.0392. The third-order valence-corrected chi connectivity index (χ3v) is 4.12. The minimum Gasteiger partial charge on any atom is -0.359 e. The van der Waals surface area contributed by atoms with Crippen molar-refractivity contribution in [2.45, 2.75) is 31.7 Å². The summed E-state index contributed by atoms with van der Waals surface area (Å²) >= 11 is 0. The van der Waals surface area contributed by atoms with Crippen LogP contribution in [0, 0.1) is 0 Å². The predicted molar refractivity (Wildman–Crippen MR) is 88.0 cm³/mol. The number of pyridine rings is 1. The SMILES string of the molecule is CNC(=O)CCc1cccc([C@@H]2CCCN2c2ncccn2)n1. The number of amides is 1. The van der Waals surface area contributed by atoms with Gasteiger partial charge in [-0.25, -0.2) is 9.97 Å². The molecule has 23 heavy (non-hydrogen) atoms. The van der Waals surface area contributed by atoms with E-state index in [0.717, 1.165) is 36.7 Å². The van der Waals surface area contributed by atoms with E-state index in [1.165, 1.54) is 0 Å². The molecule has 3 rings (SSSR count). The molecule has 0 saturated carbocycles. The lowest BCUT2D eigenvalue weighted by atomic mass is 10.1. The number of aromatic nitrogens is 3. The Labute approximate surface area is 136 Å². The van der Waals surface area contributed by atoms with E-state index >= 15 is 0 Å². The van der Waals surface area contributed by atoms with Crippen molar-refractivity contribution in [3.8, 4) is 0 Å². The van der Waals surface area contributed by atoms with Crippen LogP contribution < -0.4 is 10.2 Å². The largest absolute Gasteiger partial charge is 0.359 e. The molecule has 120 valence electrons. The molecule has 0 unspecified atom stereocenters. The van der Waals surface area contributed by atoms with Gasteiger partial charge in [-0.05, 0) is 37.5 Å². The van der Waals surface area contributed by atoms with Crippen LogP contribution in [0.3, 0.4) is 0 Å². The number of hydrogen-bond donors (Lipinski definition) is 1. The fourth-order valence-corrected chi connectivity index (χ4v) is 2.94. The van der Waals surface area contributed by atoms with Gasteiger partial charge in [0.1, 0.15) is 0 Å². The van der Waals surface area contributed by atoms with Gasteiger partial charge in [-0.15, -0.1) is 0 Å². The Morgan fingerprint density at radius 1 is 1.30 bits per heavy atom. The molecule has 0 aromatic carbocycles. The fraction of sp³-hybridized carbons (Fsp3) is 0.412. The zero-order chi connectivity index (χ0) is 16.1. The number of carbonyl (C=O) groups is 1. The first-order valence-electron chi connectivity index (χ1n) is 7.98. The van der Waals surface area contributed by atoms with Crippen molar-refractivity contribution in [2.75, 3.05) is 18.5 Å². The number of aryl methyl sites for hydroxylation is 1. The summed E-state index contributed by atoms with van der Waals surface area (Å²) in [7, 11) is 1.66. The predicted octanol–water partition coefficient (Wildman–Crippen LogP) is 1.89. The molecule has 1 aliphatic rings. The van der Waals surface area contributed by atoms with Crippen LogP contribution >= 0.6 is 0 Å². The molecule has 3 heterocycles. The molecule has 2 aromatic heterocycles. The van der Waals surface area contributed by atoms with Gasteiger partial charge in [-0.2, -0.15) is 0 Å². The van der Waals surface area contributed by atoms with Gasteiger partial charge in [0, 0.05) is 38.1 Å². The first-order chi connectivity index (χ1) is 11.3. The fourth-order valence-electron chi connectivity index (χ4n) is 2.94. The molecular weight excluding hydrogens is 290 g/mol. The number of carbonyl (C=O) groups excluding carboxylic acids is 1. The molecule has 6 heteroatoms. The minimum absolute atomic E-state index is 0.0392. The van der Waals surface area contributed by atoms with Gasteiger partial charge >= 0.3 is 0 Å². The monoisotopic (exact) mass is 311 g/mol. The summed E-state index contributed by atoms with van der Waals surface area (Å²) in [6.45, 7) is 0.943. The van der Waals surface area contributed by atoms with Gasteiger partial charge in [0.05, 0.1) is 11.7 Å². The van der Waals surface area contributed by atoms with Crippen LogP contribution in [0.5, 0.6) is 0 Å². The Morgan fingerprint density at radius 3 is 2.91 bits per heavy atom. The quantitative estimate of drug-likeness (QED) is 0.913. The third kappa shape index (κ3) is 3.64. The standard InChI is InChI=1S/C17H21N5O/c1-18-16(23)9-8-13-5-2-6-14(21-13)15-7-3-12-22(15)17-19-10-4-11-20-17/h2,4-6,10-11,15H,3,7-9,12H2,1H3,(H,18,23)/t15-/m0/s1. The normalized spacial score (nSPS) is 17.3. The highest BCUT2D eigenvalue weighted by Crippen LogP contribution is 2.33. The van der Waals surface area contributed by atoms with Gasteiger partial charge in [0.25, 0.3) is 0 Å². The van der Waals surface area contributed by atoms with Crippen LogP contribution in [0.15, 0.2) is 36.7 Å². The molecule has 0 radical (unpaired) electrons. The lowest BCUT2D eigenvalue weighted by Crippen LogP contribution is -2.25. The van der Waals surface area contributed by atoms with Crippen molar-refractivity contribution in [3.05, 3.63) is 48.0 Å². The number of nitrogens with one attached hydrogen (secondary N) is 1. The Kier molecular flexibility index (Phi) is 4.80. The second-order valence-corrected chi connectivity index (χ2v) is 5.63. The molecule has 0 aliphatic carbocycles. The lowest BCUT2D eigenvalue weighted by Gasteiger charge is -2.24. The summed E-state index contributed by atoms with van der Waals surface area (Å²) in [4.78, 5) is 27.1. The van der Waals surface area contributed by atoms with Crippen LogP contribution in [-0.2, 0) is 11.2 Å². The summed E-state index contributed by atoms with van der Waals surface area (Å²) < 4.78 is 0. The van der Waals surface area contributed by atoms with Crippen LogP contribution in [0.1, 0.15) is 36.7 Å². The molecule has 1 N–H and O–H groups in total. The lowest BCUT2D eigenvalue weighted by molar-refractivity contribution is -0.120. The van der Waals surface area contributed by atoms with Crippen molar-refractivity contribution in [1.82, 2.24) is 20.3 Å². The summed E-state index contributed by atoms with van der Waals surface area (Å²) in [5, 5.41) is 2.64. The van der Waals surface area contributed by atoms with Crippen molar-refractivity contribution in [2.24, 2.45) is 0 Å². The van der Waals surface area contributed by atoms with Gasteiger partial charge in [-0.1, -0.05) is 6.07 Å². The molecule has 0 bridgehead atoms. The molecule has 1 aliphatic heterocycles. The van der Waals surface area contributed by atoms with E-state index in [-0.39, 0.29) is 11.9 Å². The second kappa shape index (κ2) is 7.17. The van der Waals surface area contributed by atoms with Crippen LogP contribution in [0.4, 0.5) is 5.95 Å². The van der Waals surface area contributed by atoms with Crippen LogP contribution in [0.2, 0.25) is 0 Å². The van der Waals surface area contributed by atoms with Crippen LogP contribution in [0.25, 0.3) is 0 Å². The van der Waals surface area contributed by atoms with E-state index in [0.29, 0.717) is 12.8 Å². The summed E-state index contributed by atoms with van der Waals surface area (Å²) in [6.07, 6.45) is 6.80. The Balaban J connectivity index is 1.76. The molecule has 1 atom stereocenters. The Morgan fingerprint density at radius 2 is 2.13 bits per heavy atom. The first kappa shape index (κ1) is 15.4. The van der Waals surface area contributed by atoms with Gasteiger partial charge in [-0.3, -0.25) is 9.78 Å². The van der Waals surface area contributed by atoms with Gasteiger partial charge < -0.3 is 10.2 Å². The molecular formula is C17H21N5O. The summed E-state index contributed by atoms with van der Waals surface area (Å²) in [5.74, 6) is 0.796. The highest BCUT2D eigenvalue weighted by Gasteiger charge is 2.28. The number of rotatable bonds is 5. The maximum absolute atomic E-state index is 11.4. The molecule has 1 amide bonds. The van der Waals surface area contributed by atoms with E-state index in [2.05, 4.69) is 26.3 Å². The Hall–Kier alpha value is -2.50. The molecule has 1 saturated heterocycles. The molecule has 2 aromatic rings. The topological polar surface area (TPSA) is 71.0 Å². The maximum atomic E-state index is 11.4. The average Bonchev–Trinajstić information content (AvgIpc) is 3.10. The smallest absolute Gasteiger partial charge is 0.225 e. The van der Waals surface area contributed by atoms with Crippen LogP contribution in [-0.4, -0.2) is 34.5 Å². The average molecular weight is 311 g/mol. The summed E-state index contributed by atoms with van der Waals surface area (Å²) in [5.41, 5.74) is 1.98. The zero-order valence-electron chi connectivity index (χ0n) is 13.3. The molecule has 1 fully saturated rings. The van der Waals surface area contributed by atoms with E-state index < -0.39 is 0 Å². The van der Waals surface area contributed by atoms with Crippen molar-refractivity contribution < 1.29 is 4.79 Å². The first-order valence-corrected chi connectivity index (χ1v) is 7.98. The van der Waals surface area contributed by atoms with E-state index in [9.17, 15) is 4.79 Å². The van der Waals surface area contributed by atoms with E-state index in [1.54, 1.807) is 19.4 Å². The number of hydrogen-bond acceptors (Lipinski definition) is 5. The second-order valence-electron chi connectivity index (χ2n) is 5.63. The third-order valence-electron chi connectivity index (χ3n) is 4.12. The molecule has 0 spiro atoms. The van der Waals surface area contributed by atoms with E-state index in [1.807, 2.05) is 18.2 Å². The summed E-state index contributed by atoms with van der Waals surface area (Å²) in [6, 6.07) is 8.08. The number of anilines is 1. The van der Waals surface area contributed by atoms with Gasteiger partial charge in [0.2, 0.25) is 11.9 Å². The highest BCUT2D eigenvalue weighted by molar-refractivity contribution is 5.75. The van der Waals surface area contributed by atoms with Crippen molar-refractivity contribution >= 4 is 11.9 Å². The van der Waals surface area contributed by atoms with E-state index in [4.69, 9.17) is 4.98 Å². The zero-order valence-corrected chi connectivity index (χ0v) is 13.3. The number of nitrogens with zero attached hydrogens (tertiary/aromatic N) is 4. The van der Waals surface area contributed by atoms with Crippen molar-refractivity contribution in [1.29, 1.82) is 0 Å². The maximum Gasteiger partial charge on any atom is 0.225 e. The van der Waals surface area contributed by atoms with Crippen molar-refractivity contribution in [3.63, 3.8) is 0 Å². The molecule has 6 nitrogen and oxygen atoms in total.